The monoisotopic (exact) mass is 538 g/mol. The molecule has 0 saturated carbocycles. The summed E-state index contributed by atoms with van der Waals surface area (Å²) in [4.78, 5) is 27.4. The van der Waals surface area contributed by atoms with Gasteiger partial charge >= 0.3 is 0 Å². The van der Waals surface area contributed by atoms with Crippen LogP contribution >= 0.6 is 31.9 Å². The molecule has 0 aliphatic carbocycles. The van der Waals surface area contributed by atoms with Crippen LogP contribution in [0.2, 0.25) is 0 Å². The second kappa shape index (κ2) is 10.4. The van der Waals surface area contributed by atoms with Crippen molar-refractivity contribution >= 4 is 43.7 Å². The Labute approximate surface area is 195 Å². The highest BCUT2D eigenvalue weighted by molar-refractivity contribution is 9.10. The molecular formula is C23H28Br2N2O3. The minimum absolute atomic E-state index is 0.151. The van der Waals surface area contributed by atoms with Gasteiger partial charge in [-0.3, -0.25) is 9.59 Å². The van der Waals surface area contributed by atoms with Crippen LogP contribution in [-0.4, -0.2) is 34.9 Å². The van der Waals surface area contributed by atoms with Crippen LogP contribution in [0.1, 0.15) is 38.8 Å². The van der Waals surface area contributed by atoms with Crippen LogP contribution in [0.3, 0.4) is 0 Å². The smallest absolute Gasteiger partial charge is 0.261 e. The van der Waals surface area contributed by atoms with Crippen LogP contribution < -0.4 is 10.1 Å². The van der Waals surface area contributed by atoms with E-state index in [1.165, 1.54) is 0 Å². The third-order valence-electron chi connectivity index (χ3n) is 4.40. The van der Waals surface area contributed by atoms with Crippen molar-refractivity contribution in [3.05, 3.63) is 62.5 Å². The van der Waals surface area contributed by atoms with Crippen molar-refractivity contribution in [1.82, 2.24) is 10.2 Å². The summed E-state index contributed by atoms with van der Waals surface area (Å²) in [6.45, 7) is 9.59. The number of carbonyl (C=O) groups excluding carboxylic acids is 2. The third-order valence-corrected chi connectivity index (χ3v) is 5.78. The number of aryl methyl sites for hydroxylation is 1. The van der Waals surface area contributed by atoms with E-state index < -0.39 is 6.04 Å². The highest BCUT2D eigenvalue weighted by Gasteiger charge is 2.28. The molecule has 1 atom stereocenters. The number of ether oxygens (including phenoxy) is 1. The number of hydrogen-bond donors (Lipinski definition) is 1. The van der Waals surface area contributed by atoms with Gasteiger partial charge in [-0.2, -0.15) is 0 Å². The number of nitrogens with one attached hydrogen (secondary N) is 1. The maximum Gasteiger partial charge on any atom is 0.261 e. The molecule has 162 valence electrons. The molecule has 0 unspecified atom stereocenters. The Morgan fingerprint density at radius 2 is 1.83 bits per heavy atom. The van der Waals surface area contributed by atoms with E-state index in [1.807, 2.05) is 64.1 Å². The van der Waals surface area contributed by atoms with E-state index in [0.717, 1.165) is 20.1 Å². The molecule has 5 nitrogen and oxygen atoms in total. The Bertz CT molecular complexity index is 910. The fraction of sp³-hybridized carbons (Fsp3) is 0.391. The van der Waals surface area contributed by atoms with Crippen LogP contribution in [0.5, 0.6) is 5.75 Å². The molecule has 0 fully saturated rings. The normalized spacial score (nSPS) is 12.2. The first-order valence-electron chi connectivity index (χ1n) is 9.71. The standard InChI is InChI=1S/C23H28Br2N2O3/c1-15-11-19(9-10-20(15)25)30-14-21(28)27(13-17-7-6-8-18(24)12-17)16(2)22(29)26-23(3,4)5/h6-12,16H,13-14H2,1-5H3,(H,26,29)/t16-/m0/s1. The van der Waals surface area contributed by atoms with E-state index in [0.29, 0.717) is 12.3 Å². The van der Waals surface area contributed by atoms with Gasteiger partial charge in [-0.25, -0.2) is 0 Å². The first-order valence-corrected chi connectivity index (χ1v) is 11.3. The molecular weight excluding hydrogens is 512 g/mol. The Morgan fingerprint density at radius 1 is 1.13 bits per heavy atom. The Hall–Kier alpha value is -1.86. The van der Waals surface area contributed by atoms with E-state index >= 15 is 0 Å². The summed E-state index contributed by atoms with van der Waals surface area (Å²) in [7, 11) is 0. The van der Waals surface area contributed by atoms with E-state index in [-0.39, 0.29) is 24.0 Å². The second-order valence-corrected chi connectivity index (χ2v) is 10.0. The molecule has 0 aliphatic heterocycles. The number of rotatable bonds is 7. The first-order chi connectivity index (χ1) is 14.0. The zero-order chi connectivity index (χ0) is 22.5. The topological polar surface area (TPSA) is 58.6 Å². The molecule has 2 aromatic carbocycles. The summed E-state index contributed by atoms with van der Waals surface area (Å²) >= 11 is 6.91. The molecule has 2 amide bonds. The van der Waals surface area contributed by atoms with Crippen LogP contribution in [0.4, 0.5) is 0 Å². The van der Waals surface area contributed by atoms with E-state index in [2.05, 4.69) is 37.2 Å². The largest absolute Gasteiger partial charge is 0.484 e. The van der Waals surface area contributed by atoms with Gasteiger partial charge in [0.2, 0.25) is 5.91 Å². The number of carbonyl (C=O) groups is 2. The fourth-order valence-electron chi connectivity index (χ4n) is 2.82. The van der Waals surface area contributed by atoms with Gasteiger partial charge in [0.15, 0.2) is 6.61 Å². The Kier molecular flexibility index (Phi) is 8.50. The maximum atomic E-state index is 13.1. The number of hydrogen-bond acceptors (Lipinski definition) is 3. The molecule has 2 aromatic rings. The third kappa shape index (κ3) is 7.43. The van der Waals surface area contributed by atoms with Crippen molar-refractivity contribution in [2.45, 2.75) is 52.7 Å². The molecule has 0 aliphatic rings. The molecule has 0 saturated heterocycles. The molecule has 0 heterocycles. The molecule has 2 rings (SSSR count). The highest BCUT2D eigenvalue weighted by Crippen LogP contribution is 2.22. The highest BCUT2D eigenvalue weighted by atomic mass is 79.9. The van der Waals surface area contributed by atoms with Gasteiger partial charge in [0.25, 0.3) is 5.91 Å². The number of benzene rings is 2. The lowest BCUT2D eigenvalue weighted by Crippen LogP contribution is -2.53. The Morgan fingerprint density at radius 3 is 2.43 bits per heavy atom. The average Bonchev–Trinajstić information content (AvgIpc) is 2.65. The van der Waals surface area contributed by atoms with E-state index in [4.69, 9.17) is 4.74 Å². The van der Waals surface area contributed by atoms with Gasteiger partial charge in [0, 0.05) is 21.0 Å². The number of amides is 2. The summed E-state index contributed by atoms with van der Waals surface area (Å²) in [6.07, 6.45) is 0. The van der Waals surface area contributed by atoms with E-state index in [1.54, 1.807) is 17.9 Å². The SMILES string of the molecule is Cc1cc(OCC(=O)N(Cc2cccc(Br)c2)[C@@H](C)C(=O)NC(C)(C)C)ccc1Br. The van der Waals surface area contributed by atoms with Gasteiger partial charge in [0.05, 0.1) is 0 Å². The molecule has 0 bridgehead atoms. The molecule has 0 radical (unpaired) electrons. The van der Waals surface area contributed by atoms with Gasteiger partial charge in [-0.15, -0.1) is 0 Å². The predicted molar refractivity (Wildman–Crippen MR) is 126 cm³/mol. The zero-order valence-electron chi connectivity index (χ0n) is 18.0. The lowest BCUT2D eigenvalue weighted by atomic mass is 10.1. The number of nitrogens with zero attached hydrogens (tertiary/aromatic N) is 1. The van der Waals surface area contributed by atoms with E-state index in [9.17, 15) is 9.59 Å². The maximum absolute atomic E-state index is 13.1. The lowest BCUT2D eigenvalue weighted by molar-refractivity contribution is -0.142. The quantitative estimate of drug-likeness (QED) is 0.524. The molecule has 30 heavy (non-hydrogen) atoms. The van der Waals surface area contributed by atoms with Gasteiger partial charge < -0.3 is 15.0 Å². The molecule has 1 N–H and O–H groups in total. The second-order valence-electron chi connectivity index (χ2n) is 8.27. The van der Waals surface area contributed by atoms with Crippen LogP contribution in [0, 0.1) is 6.92 Å². The van der Waals surface area contributed by atoms with Crippen LogP contribution in [0.25, 0.3) is 0 Å². The van der Waals surface area contributed by atoms with Crippen molar-refractivity contribution in [3.63, 3.8) is 0 Å². The summed E-state index contributed by atoms with van der Waals surface area (Å²) in [5, 5.41) is 2.95. The van der Waals surface area contributed by atoms with Crippen molar-refractivity contribution < 1.29 is 14.3 Å². The predicted octanol–water partition coefficient (Wildman–Crippen LogP) is 5.23. The van der Waals surface area contributed by atoms with Crippen LogP contribution in [-0.2, 0) is 16.1 Å². The average molecular weight is 540 g/mol. The molecule has 0 spiro atoms. The fourth-order valence-corrected chi connectivity index (χ4v) is 3.52. The molecule has 7 heteroatoms. The summed E-state index contributed by atoms with van der Waals surface area (Å²) in [5.74, 6) is 0.149. The number of halogens is 2. The minimum atomic E-state index is -0.647. The van der Waals surface area contributed by atoms with Crippen LogP contribution in [0.15, 0.2) is 51.4 Å². The van der Waals surface area contributed by atoms with Crippen molar-refractivity contribution in [3.8, 4) is 5.75 Å². The summed E-state index contributed by atoms with van der Waals surface area (Å²) < 4.78 is 7.62. The van der Waals surface area contributed by atoms with Gasteiger partial charge in [-0.1, -0.05) is 44.0 Å². The summed E-state index contributed by atoms with van der Waals surface area (Å²) in [5.41, 5.74) is 1.55. The lowest BCUT2D eigenvalue weighted by Gasteiger charge is -2.31. The minimum Gasteiger partial charge on any atom is -0.484 e. The zero-order valence-corrected chi connectivity index (χ0v) is 21.1. The van der Waals surface area contributed by atoms with Gasteiger partial charge in [-0.05, 0) is 76.1 Å². The Balaban J connectivity index is 2.18. The van der Waals surface area contributed by atoms with Crippen molar-refractivity contribution in [2.24, 2.45) is 0 Å². The van der Waals surface area contributed by atoms with Crippen molar-refractivity contribution in [1.29, 1.82) is 0 Å². The molecule has 0 aromatic heterocycles. The van der Waals surface area contributed by atoms with Crippen molar-refractivity contribution in [2.75, 3.05) is 6.61 Å². The summed E-state index contributed by atoms with van der Waals surface area (Å²) in [6, 6.07) is 12.6. The first kappa shape index (κ1) is 24.4. The van der Waals surface area contributed by atoms with Gasteiger partial charge in [0.1, 0.15) is 11.8 Å².